The predicted octanol–water partition coefficient (Wildman–Crippen LogP) is 2.86. The summed E-state index contributed by atoms with van der Waals surface area (Å²) in [7, 11) is 0. The summed E-state index contributed by atoms with van der Waals surface area (Å²) in [6.07, 6.45) is 6.48. The molecule has 1 unspecified atom stereocenters. The molecule has 1 aromatic carbocycles. The van der Waals surface area contributed by atoms with Crippen molar-refractivity contribution in [3.63, 3.8) is 0 Å². The van der Waals surface area contributed by atoms with Crippen LogP contribution in [0.4, 0.5) is 0 Å². The van der Waals surface area contributed by atoms with Gasteiger partial charge in [-0.3, -0.25) is 0 Å². The molecule has 2 aromatic rings. The molecular formula is C16H21N3. The van der Waals surface area contributed by atoms with Gasteiger partial charge in [0, 0.05) is 12.1 Å². The summed E-state index contributed by atoms with van der Waals surface area (Å²) < 4.78 is 2.28. The van der Waals surface area contributed by atoms with Crippen molar-refractivity contribution in [1.82, 2.24) is 14.9 Å². The molecular weight excluding hydrogens is 234 g/mol. The highest BCUT2D eigenvalue weighted by Crippen LogP contribution is 2.21. The van der Waals surface area contributed by atoms with Crippen molar-refractivity contribution in [3.05, 3.63) is 42.4 Å². The van der Waals surface area contributed by atoms with Crippen molar-refractivity contribution in [2.45, 2.75) is 26.3 Å². The first-order valence-corrected chi connectivity index (χ1v) is 7.11. The van der Waals surface area contributed by atoms with Crippen molar-refractivity contribution in [2.24, 2.45) is 5.92 Å². The van der Waals surface area contributed by atoms with Gasteiger partial charge in [0.05, 0.1) is 18.2 Å². The van der Waals surface area contributed by atoms with E-state index in [1.165, 1.54) is 42.8 Å². The quantitative estimate of drug-likeness (QED) is 0.910. The highest BCUT2D eigenvalue weighted by atomic mass is 15.0. The highest BCUT2D eigenvalue weighted by molar-refractivity contribution is 5.59. The fourth-order valence-electron chi connectivity index (χ4n) is 2.83. The summed E-state index contributed by atoms with van der Waals surface area (Å²) in [6, 6.07) is 8.64. The minimum absolute atomic E-state index is 0.827. The first kappa shape index (κ1) is 12.4. The topological polar surface area (TPSA) is 29.9 Å². The van der Waals surface area contributed by atoms with Crippen LogP contribution in [-0.4, -0.2) is 22.6 Å². The fraction of sp³-hybridized carbons (Fsp3) is 0.438. The largest absolute Gasteiger partial charge is 0.331 e. The van der Waals surface area contributed by atoms with E-state index in [2.05, 4.69) is 46.1 Å². The summed E-state index contributed by atoms with van der Waals surface area (Å²) in [5.41, 5.74) is 3.79. The van der Waals surface area contributed by atoms with Crippen LogP contribution in [0, 0.1) is 12.8 Å². The zero-order valence-corrected chi connectivity index (χ0v) is 11.5. The minimum Gasteiger partial charge on any atom is -0.331 e. The molecule has 3 nitrogen and oxygen atoms in total. The van der Waals surface area contributed by atoms with Gasteiger partial charge in [-0.05, 0) is 44.8 Å². The molecule has 1 atom stereocenters. The Morgan fingerprint density at radius 1 is 1.42 bits per heavy atom. The highest BCUT2D eigenvalue weighted by Gasteiger charge is 2.14. The summed E-state index contributed by atoms with van der Waals surface area (Å²) in [6.45, 7) is 5.55. The molecule has 1 N–H and O–H groups in total. The van der Waals surface area contributed by atoms with E-state index in [0.29, 0.717) is 0 Å². The number of imidazole rings is 1. The number of hydrogen-bond acceptors (Lipinski definition) is 2. The van der Waals surface area contributed by atoms with Crippen LogP contribution in [0.5, 0.6) is 0 Å². The van der Waals surface area contributed by atoms with E-state index >= 15 is 0 Å². The Hall–Kier alpha value is -1.61. The van der Waals surface area contributed by atoms with Gasteiger partial charge in [-0.15, -0.1) is 0 Å². The maximum atomic E-state index is 4.32. The number of nitrogens with one attached hydrogen (secondary N) is 1. The van der Waals surface area contributed by atoms with Crippen LogP contribution < -0.4 is 5.32 Å². The van der Waals surface area contributed by atoms with Crippen LogP contribution in [-0.2, 0) is 6.54 Å². The first-order valence-electron chi connectivity index (χ1n) is 7.11. The Labute approximate surface area is 114 Å². The van der Waals surface area contributed by atoms with Crippen LogP contribution in [0.3, 0.4) is 0 Å². The van der Waals surface area contributed by atoms with E-state index < -0.39 is 0 Å². The van der Waals surface area contributed by atoms with Gasteiger partial charge in [-0.2, -0.15) is 0 Å². The molecule has 0 bridgehead atoms. The first-order chi connectivity index (χ1) is 9.33. The summed E-state index contributed by atoms with van der Waals surface area (Å²) in [5, 5.41) is 3.43. The van der Waals surface area contributed by atoms with Gasteiger partial charge in [-0.25, -0.2) is 4.98 Å². The van der Waals surface area contributed by atoms with Crippen LogP contribution in [0.15, 0.2) is 36.8 Å². The lowest BCUT2D eigenvalue weighted by Crippen LogP contribution is -2.11. The zero-order chi connectivity index (χ0) is 13.1. The number of nitrogens with zero attached hydrogens (tertiary/aromatic N) is 2. The summed E-state index contributed by atoms with van der Waals surface area (Å²) in [5.74, 6) is 0.827. The Morgan fingerprint density at radius 2 is 2.37 bits per heavy atom. The van der Waals surface area contributed by atoms with Gasteiger partial charge in [0.15, 0.2) is 0 Å². The van der Waals surface area contributed by atoms with E-state index in [1.54, 1.807) is 0 Å². The Kier molecular flexibility index (Phi) is 3.65. The molecule has 0 aliphatic carbocycles. The molecule has 0 radical (unpaired) electrons. The number of benzene rings is 1. The molecule has 1 aliphatic rings. The maximum Gasteiger partial charge on any atom is 0.0950 e. The average Bonchev–Trinajstić information content (AvgIpc) is 3.08. The summed E-state index contributed by atoms with van der Waals surface area (Å²) in [4.78, 5) is 4.32. The molecule has 0 spiro atoms. The van der Waals surface area contributed by atoms with E-state index in [0.717, 1.165) is 12.5 Å². The molecule has 3 heteroatoms. The lowest BCUT2D eigenvalue weighted by Gasteiger charge is -2.12. The van der Waals surface area contributed by atoms with Crippen molar-refractivity contribution >= 4 is 0 Å². The standard InChI is InChI=1S/C16H21N3/c1-13-3-2-4-15(9-13)16-11-18-12-19(16)8-6-14-5-7-17-10-14/h2-4,9,11-12,14,17H,5-8,10H2,1H3. The Morgan fingerprint density at radius 3 is 3.16 bits per heavy atom. The van der Waals surface area contributed by atoms with E-state index in [4.69, 9.17) is 0 Å². The zero-order valence-electron chi connectivity index (χ0n) is 11.5. The molecule has 1 aliphatic heterocycles. The van der Waals surface area contributed by atoms with Gasteiger partial charge in [0.1, 0.15) is 0 Å². The predicted molar refractivity (Wildman–Crippen MR) is 78.0 cm³/mol. The molecule has 100 valence electrons. The number of rotatable bonds is 4. The van der Waals surface area contributed by atoms with Gasteiger partial charge in [-0.1, -0.05) is 23.8 Å². The molecule has 0 amide bonds. The number of aromatic nitrogens is 2. The van der Waals surface area contributed by atoms with Crippen LogP contribution in [0.25, 0.3) is 11.3 Å². The Bertz CT molecular complexity index is 538. The van der Waals surface area contributed by atoms with Crippen molar-refractivity contribution in [2.75, 3.05) is 13.1 Å². The van der Waals surface area contributed by atoms with E-state index in [-0.39, 0.29) is 0 Å². The lowest BCUT2D eigenvalue weighted by atomic mass is 10.0. The SMILES string of the molecule is Cc1cccc(-c2cncn2CCC2CCNC2)c1. The molecule has 1 aromatic heterocycles. The third-order valence-corrected chi connectivity index (χ3v) is 3.97. The number of hydrogen-bond donors (Lipinski definition) is 1. The molecule has 3 rings (SSSR count). The molecule has 1 fully saturated rings. The van der Waals surface area contributed by atoms with Gasteiger partial charge in [0.25, 0.3) is 0 Å². The maximum absolute atomic E-state index is 4.32. The van der Waals surface area contributed by atoms with Crippen molar-refractivity contribution in [1.29, 1.82) is 0 Å². The van der Waals surface area contributed by atoms with E-state index in [1.807, 2.05) is 12.5 Å². The molecule has 0 saturated carbocycles. The fourth-order valence-corrected chi connectivity index (χ4v) is 2.83. The molecule has 2 heterocycles. The van der Waals surface area contributed by atoms with Crippen LogP contribution in [0.1, 0.15) is 18.4 Å². The number of aryl methyl sites for hydroxylation is 2. The Balaban J connectivity index is 1.74. The minimum atomic E-state index is 0.827. The van der Waals surface area contributed by atoms with Gasteiger partial charge in [0.2, 0.25) is 0 Å². The van der Waals surface area contributed by atoms with Crippen LogP contribution in [0.2, 0.25) is 0 Å². The van der Waals surface area contributed by atoms with Gasteiger partial charge < -0.3 is 9.88 Å². The van der Waals surface area contributed by atoms with Crippen molar-refractivity contribution in [3.8, 4) is 11.3 Å². The summed E-state index contributed by atoms with van der Waals surface area (Å²) >= 11 is 0. The van der Waals surface area contributed by atoms with Crippen molar-refractivity contribution < 1.29 is 0 Å². The van der Waals surface area contributed by atoms with E-state index in [9.17, 15) is 0 Å². The van der Waals surface area contributed by atoms with Crippen LogP contribution >= 0.6 is 0 Å². The smallest absolute Gasteiger partial charge is 0.0950 e. The normalized spacial score (nSPS) is 18.9. The second-order valence-electron chi connectivity index (χ2n) is 5.49. The third kappa shape index (κ3) is 2.87. The molecule has 1 saturated heterocycles. The monoisotopic (exact) mass is 255 g/mol. The molecule has 19 heavy (non-hydrogen) atoms. The average molecular weight is 255 g/mol. The third-order valence-electron chi connectivity index (χ3n) is 3.97. The lowest BCUT2D eigenvalue weighted by molar-refractivity contribution is 0.481. The second-order valence-corrected chi connectivity index (χ2v) is 5.49. The second kappa shape index (κ2) is 5.57. The van der Waals surface area contributed by atoms with Gasteiger partial charge >= 0.3 is 0 Å².